The molecule has 1 saturated heterocycles. The molecule has 1 atom stereocenters. The third-order valence-electron chi connectivity index (χ3n) is 5.11. The molecule has 0 saturated carbocycles. The van der Waals surface area contributed by atoms with Gasteiger partial charge in [0.1, 0.15) is 0 Å². The Hall–Kier alpha value is -2.35. The summed E-state index contributed by atoms with van der Waals surface area (Å²) in [4.78, 5) is 25.6. The van der Waals surface area contributed by atoms with Gasteiger partial charge in [-0.2, -0.15) is 4.31 Å². The summed E-state index contributed by atoms with van der Waals surface area (Å²) < 4.78 is 33.0. The number of ketones is 2. The maximum absolute atomic E-state index is 13.2. The van der Waals surface area contributed by atoms with Crippen LogP contribution in [-0.2, 0) is 14.8 Å². The van der Waals surface area contributed by atoms with E-state index < -0.39 is 10.0 Å². The summed E-state index contributed by atoms with van der Waals surface area (Å²) in [5, 5.41) is 0. The third kappa shape index (κ3) is 3.30. The van der Waals surface area contributed by atoms with E-state index in [2.05, 4.69) is 0 Å². The maximum Gasteiger partial charge on any atom is 0.243 e. The van der Waals surface area contributed by atoms with Crippen LogP contribution in [0.15, 0.2) is 47.4 Å². The van der Waals surface area contributed by atoms with Crippen molar-refractivity contribution in [2.45, 2.75) is 30.8 Å². The third-order valence-corrected chi connectivity index (χ3v) is 6.97. The van der Waals surface area contributed by atoms with Gasteiger partial charge in [-0.1, -0.05) is 37.6 Å². The Labute approximate surface area is 164 Å². The Morgan fingerprint density at radius 1 is 1.00 bits per heavy atom. The highest BCUT2D eigenvalue weighted by molar-refractivity contribution is 7.89. The smallest absolute Gasteiger partial charge is 0.243 e. The number of nitrogens with zero attached hydrogens (tertiary/aromatic N) is 1. The van der Waals surface area contributed by atoms with Crippen molar-refractivity contribution in [2.24, 2.45) is 0 Å². The Bertz CT molecular complexity index is 1060. The van der Waals surface area contributed by atoms with Crippen LogP contribution in [0.25, 0.3) is 0 Å². The van der Waals surface area contributed by atoms with Crippen molar-refractivity contribution in [3.05, 3.63) is 64.7 Å². The standard InChI is InChI=1S/C21H21NO5S/c1-2-3-10-22(12-14-13-27-14)28(25,26)15-8-9-18-19(11-15)21(24)17-7-5-4-6-16(17)20(18)23/h4-9,11,14H,2-3,10,12-13H2,1H3. The number of ether oxygens (including phenoxy) is 1. The van der Waals surface area contributed by atoms with Gasteiger partial charge < -0.3 is 4.74 Å². The van der Waals surface area contributed by atoms with Crippen LogP contribution in [0.2, 0.25) is 0 Å². The summed E-state index contributed by atoms with van der Waals surface area (Å²) in [6.45, 7) is 3.26. The number of sulfonamides is 1. The zero-order valence-corrected chi connectivity index (χ0v) is 16.4. The van der Waals surface area contributed by atoms with E-state index in [1.54, 1.807) is 24.3 Å². The quantitative estimate of drug-likeness (QED) is 0.570. The van der Waals surface area contributed by atoms with Gasteiger partial charge in [0.05, 0.1) is 17.6 Å². The zero-order chi connectivity index (χ0) is 19.9. The van der Waals surface area contributed by atoms with E-state index in [1.165, 1.54) is 22.5 Å². The first-order chi connectivity index (χ1) is 13.4. The summed E-state index contributed by atoms with van der Waals surface area (Å²) in [5.74, 6) is -0.587. The molecule has 2 aromatic carbocycles. The molecule has 2 aliphatic rings. The first kappa shape index (κ1) is 19.0. The Morgan fingerprint density at radius 3 is 2.21 bits per heavy atom. The molecule has 1 aliphatic heterocycles. The lowest BCUT2D eigenvalue weighted by Gasteiger charge is -2.23. The lowest BCUT2D eigenvalue weighted by atomic mass is 9.84. The molecule has 1 aliphatic carbocycles. The van der Waals surface area contributed by atoms with Gasteiger partial charge in [0, 0.05) is 35.3 Å². The van der Waals surface area contributed by atoms with E-state index in [-0.39, 0.29) is 33.7 Å². The molecule has 0 bridgehead atoms. The average molecular weight is 399 g/mol. The van der Waals surface area contributed by atoms with Crippen LogP contribution in [0.1, 0.15) is 51.6 Å². The van der Waals surface area contributed by atoms with Gasteiger partial charge in [-0.05, 0) is 24.6 Å². The zero-order valence-electron chi connectivity index (χ0n) is 15.6. The first-order valence-electron chi connectivity index (χ1n) is 9.37. The normalized spacial score (nSPS) is 18.1. The van der Waals surface area contributed by atoms with E-state index in [4.69, 9.17) is 4.74 Å². The molecule has 4 rings (SSSR count). The number of benzene rings is 2. The Kier molecular flexibility index (Phi) is 4.91. The van der Waals surface area contributed by atoms with Gasteiger partial charge in [-0.25, -0.2) is 8.42 Å². The fourth-order valence-corrected chi connectivity index (χ4v) is 4.97. The minimum absolute atomic E-state index is 0.0311. The SMILES string of the molecule is CCCCN(CC1CO1)S(=O)(=O)c1ccc2c(c1)C(=O)c1ccccc1C2=O. The van der Waals surface area contributed by atoms with Crippen molar-refractivity contribution in [2.75, 3.05) is 19.7 Å². The molecule has 2 aromatic rings. The molecule has 0 spiro atoms. The molecule has 0 radical (unpaired) electrons. The molecule has 0 aromatic heterocycles. The van der Waals surface area contributed by atoms with Crippen LogP contribution < -0.4 is 0 Å². The predicted octanol–water partition coefficient (Wildman–Crippen LogP) is 2.65. The number of epoxide rings is 1. The number of unbranched alkanes of at least 4 members (excludes halogenated alkanes) is 1. The first-order valence-corrected chi connectivity index (χ1v) is 10.8. The van der Waals surface area contributed by atoms with Crippen LogP contribution in [0.4, 0.5) is 0 Å². The largest absolute Gasteiger partial charge is 0.372 e. The summed E-state index contributed by atoms with van der Waals surface area (Å²) >= 11 is 0. The number of rotatable bonds is 7. The van der Waals surface area contributed by atoms with Gasteiger partial charge in [0.25, 0.3) is 0 Å². The van der Waals surface area contributed by atoms with Crippen LogP contribution in [0, 0.1) is 0 Å². The second-order valence-corrected chi connectivity index (χ2v) is 9.02. The second-order valence-electron chi connectivity index (χ2n) is 7.08. The molecule has 1 unspecified atom stereocenters. The van der Waals surface area contributed by atoms with Crippen molar-refractivity contribution in [1.29, 1.82) is 0 Å². The monoisotopic (exact) mass is 399 g/mol. The van der Waals surface area contributed by atoms with Crippen LogP contribution in [0.3, 0.4) is 0 Å². The molecule has 6 nitrogen and oxygen atoms in total. The van der Waals surface area contributed by atoms with Gasteiger partial charge in [0.15, 0.2) is 11.6 Å². The molecule has 1 heterocycles. The van der Waals surface area contributed by atoms with E-state index in [0.29, 0.717) is 30.8 Å². The molecular formula is C21H21NO5S. The van der Waals surface area contributed by atoms with Gasteiger partial charge >= 0.3 is 0 Å². The minimum Gasteiger partial charge on any atom is -0.372 e. The molecule has 28 heavy (non-hydrogen) atoms. The number of fused-ring (bicyclic) bond motifs is 2. The van der Waals surface area contributed by atoms with Crippen molar-refractivity contribution in [1.82, 2.24) is 4.31 Å². The highest BCUT2D eigenvalue weighted by atomic mass is 32.2. The van der Waals surface area contributed by atoms with Crippen molar-refractivity contribution in [3.63, 3.8) is 0 Å². The molecule has 7 heteroatoms. The summed E-state index contributed by atoms with van der Waals surface area (Å²) in [5.41, 5.74) is 1.05. The van der Waals surface area contributed by atoms with Gasteiger partial charge in [-0.15, -0.1) is 0 Å². The van der Waals surface area contributed by atoms with E-state index in [9.17, 15) is 18.0 Å². The van der Waals surface area contributed by atoms with Crippen LogP contribution in [-0.4, -0.2) is 50.1 Å². The molecular weight excluding hydrogens is 378 g/mol. The van der Waals surface area contributed by atoms with Crippen LogP contribution in [0.5, 0.6) is 0 Å². The lowest BCUT2D eigenvalue weighted by molar-refractivity contribution is 0.0979. The number of carbonyl (C=O) groups is 2. The number of hydrogen-bond donors (Lipinski definition) is 0. The minimum atomic E-state index is -3.79. The molecule has 1 fully saturated rings. The molecule has 0 N–H and O–H groups in total. The predicted molar refractivity (Wildman–Crippen MR) is 103 cm³/mol. The fraction of sp³-hybridized carbons (Fsp3) is 0.333. The topological polar surface area (TPSA) is 84.1 Å². The second kappa shape index (κ2) is 7.24. The molecule has 146 valence electrons. The van der Waals surface area contributed by atoms with E-state index in [0.717, 1.165) is 12.8 Å². The highest BCUT2D eigenvalue weighted by Crippen LogP contribution is 2.30. The van der Waals surface area contributed by atoms with E-state index in [1.807, 2.05) is 6.92 Å². The summed E-state index contributed by atoms with van der Waals surface area (Å²) in [6, 6.07) is 10.8. The average Bonchev–Trinajstić information content (AvgIpc) is 3.53. The maximum atomic E-state index is 13.2. The molecule has 0 amide bonds. The Morgan fingerprint density at radius 2 is 1.61 bits per heavy atom. The van der Waals surface area contributed by atoms with Gasteiger partial charge in [-0.3, -0.25) is 9.59 Å². The van der Waals surface area contributed by atoms with Crippen molar-refractivity contribution < 1.29 is 22.7 Å². The van der Waals surface area contributed by atoms with Gasteiger partial charge in [0.2, 0.25) is 10.0 Å². The highest BCUT2D eigenvalue weighted by Gasteiger charge is 2.35. The number of carbonyl (C=O) groups excluding carboxylic acids is 2. The summed E-state index contributed by atoms with van der Waals surface area (Å²) in [6.07, 6.45) is 1.53. The van der Waals surface area contributed by atoms with Crippen molar-refractivity contribution >= 4 is 21.6 Å². The number of hydrogen-bond acceptors (Lipinski definition) is 5. The fourth-order valence-electron chi connectivity index (χ4n) is 3.43. The lowest BCUT2D eigenvalue weighted by Crippen LogP contribution is -2.35. The van der Waals surface area contributed by atoms with Crippen molar-refractivity contribution in [3.8, 4) is 0 Å². The van der Waals surface area contributed by atoms with Crippen LogP contribution >= 0.6 is 0 Å². The van der Waals surface area contributed by atoms with E-state index >= 15 is 0 Å². The summed E-state index contributed by atoms with van der Waals surface area (Å²) in [7, 11) is -3.79. The Balaban J connectivity index is 1.73.